The molecule has 0 fully saturated rings. The Kier molecular flexibility index (Phi) is 4.14. The maximum absolute atomic E-state index is 13.4. The van der Waals surface area contributed by atoms with Gasteiger partial charge in [0.2, 0.25) is 5.82 Å². The van der Waals surface area contributed by atoms with Gasteiger partial charge >= 0.3 is 0 Å². The van der Waals surface area contributed by atoms with E-state index in [1.54, 1.807) is 0 Å². The van der Waals surface area contributed by atoms with E-state index in [-0.39, 0.29) is 28.6 Å². The number of ether oxygens (including phenoxy) is 1. The van der Waals surface area contributed by atoms with Crippen LogP contribution in [0.2, 0.25) is 0 Å². The van der Waals surface area contributed by atoms with E-state index >= 15 is 0 Å². The number of benzene rings is 2. The number of nitrogens with zero attached hydrogens (tertiary/aromatic N) is 1. The first kappa shape index (κ1) is 14.2. The van der Waals surface area contributed by atoms with E-state index in [2.05, 4.69) is 0 Å². The number of halogens is 3. The lowest BCUT2D eigenvalue weighted by Crippen LogP contribution is -1.96. The third kappa shape index (κ3) is 2.85. The van der Waals surface area contributed by atoms with Crippen LogP contribution in [-0.2, 0) is 5.88 Å². The van der Waals surface area contributed by atoms with Crippen LogP contribution in [0.3, 0.4) is 0 Å². The van der Waals surface area contributed by atoms with E-state index < -0.39 is 16.6 Å². The molecule has 2 aromatic rings. The largest absolute Gasteiger partial charge is 0.454 e. The second kappa shape index (κ2) is 5.83. The van der Waals surface area contributed by atoms with Crippen LogP contribution in [0.1, 0.15) is 5.56 Å². The molecule has 7 heteroatoms. The number of nitro groups is 1. The normalized spacial score (nSPS) is 10.3. The molecular weight excluding hydrogens is 292 g/mol. The highest BCUT2D eigenvalue weighted by Gasteiger charge is 2.15. The first-order valence-electron chi connectivity index (χ1n) is 5.48. The highest BCUT2D eigenvalue weighted by atomic mass is 35.5. The molecule has 20 heavy (non-hydrogen) atoms. The number of hydrogen-bond acceptors (Lipinski definition) is 3. The summed E-state index contributed by atoms with van der Waals surface area (Å²) >= 11 is 5.61. The minimum atomic E-state index is -1.13. The number of hydrogen-bond donors (Lipinski definition) is 0. The lowest BCUT2D eigenvalue weighted by molar-refractivity contribution is -0.385. The molecule has 104 valence electrons. The van der Waals surface area contributed by atoms with Gasteiger partial charge in [-0.2, -0.15) is 4.39 Å². The summed E-state index contributed by atoms with van der Waals surface area (Å²) in [6.07, 6.45) is 0. The van der Waals surface area contributed by atoms with Gasteiger partial charge in [0.25, 0.3) is 5.69 Å². The summed E-state index contributed by atoms with van der Waals surface area (Å²) in [4.78, 5) is 10.2. The Morgan fingerprint density at radius 1 is 1.25 bits per heavy atom. The summed E-state index contributed by atoms with van der Waals surface area (Å²) in [6, 6.07) is 7.31. The summed E-state index contributed by atoms with van der Waals surface area (Å²) in [6.45, 7) is 0. The van der Waals surface area contributed by atoms with Crippen LogP contribution >= 0.6 is 11.6 Å². The van der Waals surface area contributed by atoms with Crippen molar-refractivity contribution in [1.29, 1.82) is 0 Å². The van der Waals surface area contributed by atoms with Gasteiger partial charge in [-0.1, -0.05) is 6.07 Å². The van der Waals surface area contributed by atoms with Crippen LogP contribution in [0.5, 0.6) is 11.5 Å². The monoisotopic (exact) mass is 299 g/mol. The van der Waals surface area contributed by atoms with Gasteiger partial charge in [0, 0.05) is 11.6 Å². The van der Waals surface area contributed by atoms with E-state index in [0.717, 1.165) is 6.07 Å². The molecule has 0 aliphatic heterocycles. The molecule has 0 aliphatic carbocycles. The minimum absolute atomic E-state index is 0.0981. The fourth-order valence-electron chi connectivity index (χ4n) is 1.60. The van der Waals surface area contributed by atoms with Crippen LogP contribution in [0.4, 0.5) is 14.5 Å². The fourth-order valence-corrected chi connectivity index (χ4v) is 1.81. The van der Waals surface area contributed by atoms with Crippen molar-refractivity contribution in [3.63, 3.8) is 0 Å². The molecule has 0 atom stereocenters. The van der Waals surface area contributed by atoms with Crippen molar-refractivity contribution in [2.24, 2.45) is 0 Å². The zero-order valence-electron chi connectivity index (χ0n) is 9.98. The Labute approximate surface area is 117 Å². The summed E-state index contributed by atoms with van der Waals surface area (Å²) < 4.78 is 31.6. The van der Waals surface area contributed by atoms with E-state index in [1.807, 2.05) is 0 Å². The molecule has 0 heterocycles. The number of nitro benzene ring substituents is 1. The van der Waals surface area contributed by atoms with Gasteiger partial charge in [0.1, 0.15) is 5.75 Å². The van der Waals surface area contributed by atoms with Gasteiger partial charge in [-0.05, 0) is 24.3 Å². The zero-order chi connectivity index (χ0) is 14.7. The summed E-state index contributed by atoms with van der Waals surface area (Å²) in [5, 5.41) is 10.7. The topological polar surface area (TPSA) is 52.4 Å². The lowest BCUT2D eigenvalue weighted by atomic mass is 10.2. The molecule has 0 saturated heterocycles. The Bertz CT molecular complexity index is 664. The lowest BCUT2D eigenvalue weighted by Gasteiger charge is -2.08. The molecule has 2 aromatic carbocycles. The van der Waals surface area contributed by atoms with Crippen molar-refractivity contribution in [3.05, 3.63) is 63.7 Å². The number of rotatable bonds is 4. The SMILES string of the molecule is O=[N+]([O-])c1ccc(Oc2cccc(F)c2F)cc1CCl. The predicted molar refractivity (Wildman–Crippen MR) is 69.1 cm³/mol. The van der Waals surface area contributed by atoms with Gasteiger partial charge in [0.05, 0.1) is 10.8 Å². The Balaban J connectivity index is 2.35. The van der Waals surface area contributed by atoms with Crippen molar-refractivity contribution in [2.75, 3.05) is 0 Å². The van der Waals surface area contributed by atoms with Crippen LogP contribution in [-0.4, -0.2) is 4.92 Å². The maximum Gasteiger partial charge on any atom is 0.274 e. The number of alkyl halides is 1. The Hall–Kier alpha value is -2.21. The second-order valence-electron chi connectivity index (χ2n) is 3.84. The van der Waals surface area contributed by atoms with Gasteiger partial charge in [-0.25, -0.2) is 4.39 Å². The maximum atomic E-state index is 13.4. The van der Waals surface area contributed by atoms with Gasteiger partial charge in [-0.15, -0.1) is 11.6 Å². The molecule has 0 aromatic heterocycles. The zero-order valence-corrected chi connectivity index (χ0v) is 10.7. The smallest absolute Gasteiger partial charge is 0.274 e. The summed E-state index contributed by atoms with van der Waals surface area (Å²) in [5.41, 5.74) is 0.0676. The molecule has 0 aliphatic rings. The van der Waals surface area contributed by atoms with E-state index in [0.29, 0.717) is 0 Å². The summed E-state index contributed by atoms with van der Waals surface area (Å²) in [5.74, 6) is -2.44. The Morgan fingerprint density at radius 2 is 2.00 bits per heavy atom. The average molecular weight is 300 g/mol. The molecule has 4 nitrogen and oxygen atoms in total. The molecular formula is C13H8ClF2NO3. The van der Waals surface area contributed by atoms with Crippen molar-refractivity contribution >= 4 is 17.3 Å². The molecule has 0 radical (unpaired) electrons. The molecule has 0 N–H and O–H groups in total. The van der Waals surface area contributed by atoms with Gasteiger partial charge < -0.3 is 4.74 Å². The van der Waals surface area contributed by atoms with E-state index in [4.69, 9.17) is 16.3 Å². The van der Waals surface area contributed by atoms with E-state index in [1.165, 1.54) is 30.3 Å². The third-order valence-corrected chi connectivity index (χ3v) is 2.82. The second-order valence-corrected chi connectivity index (χ2v) is 4.10. The van der Waals surface area contributed by atoms with Crippen molar-refractivity contribution in [3.8, 4) is 11.5 Å². The molecule has 0 bridgehead atoms. The highest BCUT2D eigenvalue weighted by Crippen LogP contribution is 2.30. The van der Waals surface area contributed by atoms with Crippen LogP contribution < -0.4 is 4.74 Å². The molecule has 0 amide bonds. The third-order valence-electron chi connectivity index (χ3n) is 2.54. The van der Waals surface area contributed by atoms with Crippen LogP contribution in [0.25, 0.3) is 0 Å². The van der Waals surface area contributed by atoms with Crippen molar-refractivity contribution in [1.82, 2.24) is 0 Å². The van der Waals surface area contributed by atoms with Gasteiger partial charge in [0.15, 0.2) is 11.6 Å². The molecule has 0 saturated carbocycles. The minimum Gasteiger partial charge on any atom is -0.454 e. The standard InChI is InChI=1S/C13H8ClF2NO3/c14-7-8-6-9(4-5-11(8)17(18)19)20-12-3-1-2-10(15)13(12)16/h1-6H,7H2. The Morgan fingerprint density at radius 3 is 2.65 bits per heavy atom. The van der Waals surface area contributed by atoms with E-state index in [9.17, 15) is 18.9 Å². The molecule has 0 spiro atoms. The quantitative estimate of drug-likeness (QED) is 0.477. The van der Waals surface area contributed by atoms with Crippen LogP contribution in [0.15, 0.2) is 36.4 Å². The predicted octanol–water partition coefficient (Wildman–Crippen LogP) is 4.40. The summed E-state index contributed by atoms with van der Waals surface area (Å²) in [7, 11) is 0. The van der Waals surface area contributed by atoms with Crippen LogP contribution in [0, 0.1) is 21.7 Å². The molecule has 2 rings (SSSR count). The molecule has 0 unspecified atom stereocenters. The highest BCUT2D eigenvalue weighted by molar-refractivity contribution is 6.17. The first-order chi connectivity index (χ1) is 9.52. The average Bonchev–Trinajstić information content (AvgIpc) is 2.43. The first-order valence-corrected chi connectivity index (χ1v) is 6.01. The van der Waals surface area contributed by atoms with Gasteiger partial charge in [-0.3, -0.25) is 10.1 Å². The fraction of sp³-hybridized carbons (Fsp3) is 0.0769. The van der Waals surface area contributed by atoms with Crippen molar-refractivity contribution in [2.45, 2.75) is 5.88 Å². The van der Waals surface area contributed by atoms with Crippen molar-refractivity contribution < 1.29 is 18.4 Å².